The predicted molar refractivity (Wildman–Crippen MR) is 48.0 cm³/mol. The Kier molecular flexibility index (Phi) is 2.84. The molecule has 0 amide bonds. The van der Waals surface area contributed by atoms with Crippen LogP contribution in [0.25, 0.3) is 0 Å². The van der Waals surface area contributed by atoms with Gasteiger partial charge in [0.25, 0.3) is 0 Å². The molecule has 0 saturated carbocycles. The molecule has 1 aromatic heterocycles. The van der Waals surface area contributed by atoms with Crippen LogP contribution >= 0.6 is 0 Å². The van der Waals surface area contributed by atoms with E-state index < -0.39 is 0 Å². The number of hydrogen-bond acceptors (Lipinski definition) is 4. The summed E-state index contributed by atoms with van der Waals surface area (Å²) in [6.07, 6.45) is 5.73. The van der Waals surface area contributed by atoms with Crippen LogP contribution in [0.2, 0.25) is 0 Å². The van der Waals surface area contributed by atoms with Gasteiger partial charge in [0.15, 0.2) is 0 Å². The van der Waals surface area contributed by atoms with Crippen molar-refractivity contribution in [2.45, 2.75) is 18.8 Å². The highest BCUT2D eigenvalue weighted by atomic mass is 16.6. The summed E-state index contributed by atoms with van der Waals surface area (Å²) in [5.41, 5.74) is 2.92. The van der Waals surface area contributed by atoms with Crippen LogP contribution in [0.1, 0.15) is 24.6 Å². The summed E-state index contributed by atoms with van der Waals surface area (Å²) in [6.45, 7) is 1.59. The van der Waals surface area contributed by atoms with Crippen LogP contribution in [-0.4, -0.2) is 23.1 Å². The van der Waals surface area contributed by atoms with Gasteiger partial charge in [-0.2, -0.15) is 0 Å². The van der Waals surface area contributed by atoms with Crippen molar-refractivity contribution < 1.29 is 4.84 Å². The summed E-state index contributed by atoms with van der Waals surface area (Å²) in [7, 11) is 0. The Morgan fingerprint density at radius 1 is 1.38 bits per heavy atom. The summed E-state index contributed by atoms with van der Waals surface area (Å²) in [6, 6.07) is 1.84. The molecule has 1 unspecified atom stereocenters. The van der Waals surface area contributed by atoms with Crippen molar-refractivity contribution in [2.24, 2.45) is 0 Å². The summed E-state index contributed by atoms with van der Waals surface area (Å²) in [4.78, 5) is 13.6. The summed E-state index contributed by atoms with van der Waals surface area (Å²) in [5, 5.41) is 0. The number of aromatic nitrogens is 2. The van der Waals surface area contributed by atoms with Gasteiger partial charge in [0.2, 0.25) is 0 Å². The first kappa shape index (κ1) is 8.59. The molecule has 1 aromatic rings. The molecule has 4 nitrogen and oxygen atoms in total. The van der Waals surface area contributed by atoms with Crippen molar-refractivity contribution in [1.29, 1.82) is 0 Å². The van der Waals surface area contributed by atoms with E-state index in [9.17, 15) is 0 Å². The molecule has 0 bridgehead atoms. The minimum Gasteiger partial charge on any atom is -0.302 e. The molecule has 70 valence electrons. The molecule has 4 heteroatoms. The molecule has 1 N–H and O–H groups in total. The fraction of sp³-hybridized carbons (Fsp3) is 0.556. The Morgan fingerprint density at radius 3 is 3.08 bits per heavy atom. The zero-order chi connectivity index (χ0) is 8.93. The van der Waals surface area contributed by atoms with Crippen LogP contribution in [0.3, 0.4) is 0 Å². The maximum Gasteiger partial charge on any atom is 0.132 e. The molecule has 2 rings (SSSR count). The smallest absolute Gasteiger partial charge is 0.132 e. The SMILES string of the molecule is c1cnc(C2CCCONC2)nc1. The van der Waals surface area contributed by atoms with Crippen LogP contribution in [0.5, 0.6) is 0 Å². The molecule has 2 heterocycles. The molecule has 13 heavy (non-hydrogen) atoms. The van der Waals surface area contributed by atoms with E-state index in [4.69, 9.17) is 4.84 Å². The highest BCUT2D eigenvalue weighted by Gasteiger charge is 2.16. The largest absolute Gasteiger partial charge is 0.302 e. The van der Waals surface area contributed by atoms with Crippen LogP contribution in [-0.2, 0) is 4.84 Å². The van der Waals surface area contributed by atoms with Crippen molar-refractivity contribution in [3.63, 3.8) is 0 Å². The van der Waals surface area contributed by atoms with E-state index in [1.54, 1.807) is 12.4 Å². The Hall–Kier alpha value is -1.00. The Labute approximate surface area is 77.3 Å². The topological polar surface area (TPSA) is 47.0 Å². The zero-order valence-corrected chi connectivity index (χ0v) is 7.44. The van der Waals surface area contributed by atoms with Crippen molar-refractivity contribution in [3.8, 4) is 0 Å². The van der Waals surface area contributed by atoms with Gasteiger partial charge >= 0.3 is 0 Å². The number of hydrogen-bond donors (Lipinski definition) is 1. The lowest BCUT2D eigenvalue weighted by Gasteiger charge is -2.10. The molecular formula is C9H13N3O. The van der Waals surface area contributed by atoms with Crippen molar-refractivity contribution in [2.75, 3.05) is 13.2 Å². The van der Waals surface area contributed by atoms with Gasteiger partial charge in [-0.05, 0) is 18.9 Å². The zero-order valence-electron chi connectivity index (χ0n) is 7.44. The lowest BCUT2D eigenvalue weighted by Crippen LogP contribution is -2.19. The van der Waals surface area contributed by atoms with Crippen molar-refractivity contribution in [3.05, 3.63) is 24.3 Å². The third-order valence-corrected chi connectivity index (χ3v) is 2.18. The third kappa shape index (κ3) is 2.23. The van der Waals surface area contributed by atoms with Gasteiger partial charge in [0.05, 0.1) is 6.61 Å². The van der Waals surface area contributed by atoms with Gasteiger partial charge in [-0.3, -0.25) is 0 Å². The normalized spacial score (nSPS) is 23.8. The van der Waals surface area contributed by atoms with E-state index >= 15 is 0 Å². The summed E-state index contributed by atoms with van der Waals surface area (Å²) < 4.78 is 0. The second kappa shape index (κ2) is 4.30. The molecule has 0 aliphatic carbocycles. The first-order chi connectivity index (χ1) is 6.47. The van der Waals surface area contributed by atoms with Gasteiger partial charge in [0, 0.05) is 24.9 Å². The van der Waals surface area contributed by atoms with E-state index in [0.29, 0.717) is 5.92 Å². The van der Waals surface area contributed by atoms with Crippen molar-refractivity contribution >= 4 is 0 Å². The van der Waals surface area contributed by atoms with E-state index in [2.05, 4.69) is 15.4 Å². The highest BCUT2D eigenvalue weighted by Crippen LogP contribution is 2.17. The quantitative estimate of drug-likeness (QED) is 0.695. The monoisotopic (exact) mass is 179 g/mol. The Morgan fingerprint density at radius 2 is 2.23 bits per heavy atom. The lowest BCUT2D eigenvalue weighted by molar-refractivity contribution is 0.0511. The Bertz CT molecular complexity index is 244. The fourth-order valence-corrected chi connectivity index (χ4v) is 1.48. The number of nitrogens with one attached hydrogen (secondary N) is 1. The number of rotatable bonds is 1. The molecule has 1 saturated heterocycles. The molecular weight excluding hydrogens is 166 g/mol. The Balaban J connectivity index is 2.06. The molecule has 0 radical (unpaired) electrons. The number of nitrogens with zero attached hydrogens (tertiary/aromatic N) is 2. The maximum atomic E-state index is 5.14. The summed E-state index contributed by atoms with van der Waals surface area (Å²) in [5.74, 6) is 1.31. The average molecular weight is 179 g/mol. The first-order valence-electron chi connectivity index (χ1n) is 4.58. The predicted octanol–water partition coefficient (Wildman–Crippen LogP) is 0.875. The van der Waals surface area contributed by atoms with E-state index in [-0.39, 0.29) is 0 Å². The lowest BCUT2D eigenvalue weighted by atomic mass is 10.0. The van der Waals surface area contributed by atoms with Crippen LogP contribution in [0, 0.1) is 0 Å². The molecule has 1 aliphatic heterocycles. The minimum atomic E-state index is 0.392. The van der Waals surface area contributed by atoms with E-state index in [1.165, 1.54) is 0 Å². The molecule has 0 spiro atoms. The second-order valence-corrected chi connectivity index (χ2v) is 3.14. The van der Waals surface area contributed by atoms with Crippen LogP contribution < -0.4 is 5.48 Å². The standard InChI is InChI=1S/C9H13N3O/c1-3-8(7-12-13-6-1)9-10-4-2-5-11-9/h2,4-5,8,12H,1,3,6-7H2. The van der Waals surface area contributed by atoms with Crippen molar-refractivity contribution in [1.82, 2.24) is 15.4 Å². The number of hydroxylamine groups is 1. The van der Waals surface area contributed by atoms with Gasteiger partial charge in [-0.15, -0.1) is 0 Å². The van der Waals surface area contributed by atoms with Gasteiger partial charge in [-0.25, -0.2) is 15.4 Å². The second-order valence-electron chi connectivity index (χ2n) is 3.14. The average Bonchev–Trinajstić information content (AvgIpc) is 2.47. The van der Waals surface area contributed by atoms with Crippen LogP contribution in [0.15, 0.2) is 18.5 Å². The minimum absolute atomic E-state index is 0.392. The van der Waals surface area contributed by atoms with E-state index in [0.717, 1.165) is 31.8 Å². The van der Waals surface area contributed by atoms with Gasteiger partial charge in [0.1, 0.15) is 5.82 Å². The molecule has 0 aromatic carbocycles. The van der Waals surface area contributed by atoms with Gasteiger partial charge < -0.3 is 4.84 Å². The fourth-order valence-electron chi connectivity index (χ4n) is 1.48. The van der Waals surface area contributed by atoms with Crippen LogP contribution in [0.4, 0.5) is 0 Å². The maximum absolute atomic E-state index is 5.14. The third-order valence-electron chi connectivity index (χ3n) is 2.18. The first-order valence-corrected chi connectivity index (χ1v) is 4.58. The highest BCUT2D eigenvalue weighted by molar-refractivity contribution is 4.97. The molecule has 1 atom stereocenters. The van der Waals surface area contributed by atoms with E-state index in [1.807, 2.05) is 6.07 Å². The summed E-state index contributed by atoms with van der Waals surface area (Å²) >= 11 is 0. The molecule has 1 fully saturated rings. The van der Waals surface area contributed by atoms with Gasteiger partial charge in [-0.1, -0.05) is 0 Å². The molecule has 1 aliphatic rings.